The van der Waals surface area contributed by atoms with E-state index in [4.69, 9.17) is 4.74 Å². The highest BCUT2D eigenvalue weighted by atomic mass is 19.4. The second-order valence-corrected chi connectivity index (χ2v) is 9.82. The Balaban J connectivity index is 1.25. The Hall–Kier alpha value is -2.52. The number of hydrogen-bond acceptors (Lipinski definition) is 4. The molecule has 2 aliphatic heterocycles. The zero-order chi connectivity index (χ0) is 25.2. The number of nitrogens with one attached hydrogen (secondary N) is 1. The molecule has 2 saturated heterocycles. The summed E-state index contributed by atoms with van der Waals surface area (Å²) in [6.07, 6.45) is 0.908. The molecule has 2 aromatic rings. The summed E-state index contributed by atoms with van der Waals surface area (Å²) < 4.78 is 58.2. The van der Waals surface area contributed by atoms with Gasteiger partial charge in [-0.2, -0.15) is 13.2 Å². The number of aromatic nitrogens is 1. The lowest BCUT2D eigenvalue weighted by Crippen LogP contribution is -2.54. The molecule has 1 amide bonds. The summed E-state index contributed by atoms with van der Waals surface area (Å²) in [6.45, 7) is 5.73. The summed E-state index contributed by atoms with van der Waals surface area (Å²) in [5, 5.41) is 2.70. The lowest BCUT2D eigenvalue weighted by atomic mass is 9.86. The van der Waals surface area contributed by atoms with Crippen LogP contribution in [0.1, 0.15) is 60.8 Å². The average molecular weight is 494 g/mol. The first kappa shape index (κ1) is 25.6. The molecule has 1 aromatic carbocycles. The topological polar surface area (TPSA) is 54.5 Å². The summed E-state index contributed by atoms with van der Waals surface area (Å²) in [4.78, 5) is 18.8. The zero-order valence-electron chi connectivity index (χ0n) is 20.0. The third-order valence-electron chi connectivity index (χ3n) is 7.30. The molecule has 0 radical (unpaired) electrons. The molecule has 2 fully saturated rings. The van der Waals surface area contributed by atoms with Crippen LogP contribution in [0.3, 0.4) is 0 Å². The minimum atomic E-state index is -4.48. The van der Waals surface area contributed by atoms with Crippen LogP contribution in [0.2, 0.25) is 0 Å². The van der Waals surface area contributed by atoms with Gasteiger partial charge in [0.2, 0.25) is 0 Å². The number of likely N-dealkylation sites (tertiary alicyclic amines) is 1. The average Bonchev–Trinajstić information content (AvgIpc) is 2.84. The van der Waals surface area contributed by atoms with Crippen LogP contribution in [0.25, 0.3) is 0 Å². The second-order valence-electron chi connectivity index (χ2n) is 9.82. The number of carbonyl (C=O) groups is 1. The molecule has 2 atom stereocenters. The number of amides is 1. The van der Waals surface area contributed by atoms with Crippen LogP contribution in [0.5, 0.6) is 0 Å². The highest BCUT2D eigenvalue weighted by Crippen LogP contribution is 2.34. The van der Waals surface area contributed by atoms with Crippen molar-refractivity contribution in [2.75, 3.05) is 19.7 Å². The van der Waals surface area contributed by atoms with Crippen LogP contribution in [-0.2, 0) is 22.3 Å². The number of benzene rings is 1. The third-order valence-corrected chi connectivity index (χ3v) is 7.30. The summed E-state index contributed by atoms with van der Waals surface area (Å²) in [5.74, 6) is -0.0979. The normalized spacial score (nSPS) is 24.3. The Morgan fingerprint density at radius 1 is 1.20 bits per heavy atom. The van der Waals surface area contributed by atoms with Crippen molar-refractivity contribution in [3.8, 4) is 0 Å². The predicted molar refractivity (Wildman–Crippen MR) is 123 cm³/mol. The fourth-order valence-corrected chi connectivity index (χ4v) is 4.97. The summed E-state index contributed by atoms with van der Waals surface area (Å²) in [5.41, 5.74) is 0.279. The van der Waals surface area contributed by atoms with Crippen molar-refractivity contribution in [2.45, 2.75) is 69.8 Å². The van der Waals surface area contributed by atoms with Gasteiger partial charge in [-0.3, -0.25) is 14.7 Å². The van der Waals surface area contributed by atoms with E-state index in [1.54, 1.807) is 19.9 Å². The van der Waals surface area contributed by atoms with Crippen molar-refractivity contribution in [3.63, 3.8) is 0 Å². The number of piperidine rings is 1. The van der Waals surface area contributed by atoms with Crippen LogP contribution in [0, 0.1) is 12.7 Å². The van der Waals surface area contributed by atoms with Gasteiger partial charge in [0, 0.05) is 25.0 Å². The van der Waals surface area contributed by atoms with E-state index in [1.807, 2.05) is 12.1 Å². The van der Waals surface area contributed by atoms with Crippen molar-refractivity contribution < 1.29 is 27.1 Å². The third kappa shape index (κ3) is 6.01. The number of halogens is 4. The Kier molecular flexibility index (Phi) is 7.47. The molecule has 1 aromatic heterocycles. The van der Waals surface area contributed by atoms with E-state index in [-0.39, 0.29) is 29.9 Å². The van der Waals surface area contributed by atoms with Gasteiger partial charge in [0.15, 0.2) is 0 Å². The first-order chi connectivity index (χ1) is 16.5. The minimum Gasteiger partial charge on any atom is -0.364 e. The molecule has 2 aliphatic rings. The Morgan fingerprint density at radius 3 is 2.57 bits per heavy atom. The second kappa shape index (κ2) is 10.2. The van der Waals surface area contributed by atoms with Crippen LogP contribution < -0.4 is 5.32 Å². The molecule has 35 heavy (non-hydrogen) atoms. The lowest BCUT2D eigenvalue weighted by molar-refractivity contribution is -0.157. The molecule has 0 saturated carbocycles. The van der Waals surface area contributed by atoms with Gasteiger partial charge in [0.05, 0.1) is 12.2 Å². The van der Waals surface area contributed by atoms with Gasteiger partial charge in [0.1, 0.15) is 11.4 Å². The van der Waals surface area contributed by atoms with Gasteiger partial charge in [0.25, 0.3) is 5.91 Å². The molecule has 4 rings (SSSR count). The number of ether oxygens (including phenoxy) is 1. The molecule has 0 spiro atoms. The van der Waals surface area contributed by atoms with Crippen LogP contribution in [-0.4, -0.2) is 47.1 Å². The number of rotatable bonds is 5. The Bertz CT molecular complexity index is 1040. The monoisotopic (exact) mass is 493 g/mol. The zero-order valence-corrected chi connectivity index (χ0v) is 20.0. The number of carbonyl (C=O) groups excluding carboxylic acids is 1. The van der Waals surface area contributed by atoms with Crippen molar-refractivity contribution >= 4 is 5.91 Å². The highest BCUT2D eigenvalue weighted by Gasteiger charge is 2.41. The van der Waals surface area contributed by atoms with Gasteiger partial charge in [-0.05, 0) is 87.4 Å². The van der Waals surface area contributed by atoms with E-state index in [1.165, 1.54) is 11.8 Å². The van der Waals surface area contributed by atoms with Crippen molar-refractivity contribution in [2.24, 2.45) is 0 Å². The minimum absolute atomic E-state index is 0.0471. The number of alkyl halides is 3. The molecule has 0 bridgehead atoms. The van der Waals surface area contributed by atoms with E-state index in [9.17, 15) is 22.4 Å². The predicted octanol–water partition coefficient (Wildman–Crippen LogP) is 4.98. The maximum atomic E-state index is 13.6. The number of nitrogens with zero attached hydrogens (tertiary/aromatic N) is 2. The Morgan fingerprint density at radius 2 is 1.94 bits per heavy atom. The van der Waals surface area contributed by atoms with Crippen LogP contribution in [0.15, 0.2) is 36.7 Å². The molecular weight excluding hydrogens is 462 g/mol. The highest BCUT2D eigenvalue weighted by molar-refractivity contribution is 5.84. The summed E-state index contributed by atoms with van der Waals surface area (Å²) >= 11 is 0. The van der Waals surface area contributed by atoms with E-state index in [2.05, 4.69) is 15.2 Å². The van der Waals surface area contributed by atoms with Gasteiger partial charge in [-0.15, -0.1) is 0 Å². The van der Waals surface area contributed by atoms with E-state index in [0.29, 0.717) is 24.5 Å². The molecule has 1 N–H and O–H groups in total. The standard InChI is InChI=1S/C26H31F4N3O2/c1-17-11-20(3-4-23(17)27)19-6-9-33(10-7-19)22-5-8-25(2,35-16-22)24(34)32-14-18-12-21(15-31-13-18)26(28,29)30/h3-4,11-13,15,19,22H,5-10,14,16H2,1-2H3,(H,32,34)/t22-,25-/m1/s1. The quantitative estimate of drug-likeness (QED) is 0.597. The first-order valence-electron chi connectivity index (χ1n) is 12.0. The summed E-state index contributed by atoms with van der Waals surface area (Å²) in [7, 11) is 0. The maximum Gasteiger partial charge on any atom is 0.417 e. The van der Waals surface area contributed by atoms with Gasteiger partial charge < -0.3 is 10.1 Å². The number of hydrogen-bond donors (Lipinski definition) is 1. The van der Waals surface area contributed by atoms with E-state index in [0.717, 1.165) is 44.6 Å². The molecule has 3 heterocycles. The smallest absolute Gasteiger partial charge is 0.364 e. The van der Waals surface area contributed by atoms with Crippen molar-refractivity contribution in [1.82, 2.24) is 15.2 Å². The Labute approximate surface area is 202 Å². The molecule has 0 aliphatic carbocycles. The summed E-state index contributed by atoms with van der Waals surface area (Å²) in [6, 6.07) is 6.58. The van der Waals surface area contributed by atoms with Crippen molar-refractivity contribution in [1.29, 1.82) is 0 Å². The fraction of sp³-hybridized carbons (Fsp3) is 0.538. The SMILES string of the molecule is Cc1cc(C2CCN([C@@H]3CC[C@](C)(C(=O)NCc4cncc(C(F)(F)F)c4)OC3)CC2)ccc1F. The number of aryl methyl sites for hydroxylation is 1. The van der Waals surface area contributed by atoms with Crippen LogP contribution >= 0.6 is 0 Å². The maximum absolute atomic E-state index is 13.6. The molecule has 5 nitrogen and oxygen atoms in total. The van der Waals surface area contributed by atoms with Gasteiger partial charge in [-0.25, -0.2) is 4.39 Å². The molecular formula is C26H31F4N3O2. The van der Waals surface area contributed by atoms with E-state index >= 15 is 0 Å². The van der Waals surface area contributed by atoms with E-state index < -0.39 is 17.3 Å². The van der Waals surface area contributed by atoms with Crippen LogP contribution in [0.4, 0.5) is 17.6 Å². The lowest BCUT2D eigenvalue weighted by Gasteiger charge is -2.43. The molecule has 190 valence electrons. The largest absolute Gasteiger partial charge is 0.417 e. The fourth-order valence-electron chi connectivity index (χ4n) is 4.97. The van der Waals surface area contributed by atoms with Gasteiger partial charge >= 0.3 is 6.18 Å². The van der Waals surface area contributed by atoms with Crippen molar-refractivity contribution in [3.05, 3.63) is 64.7 Å². The molecule has 0 unspecified atom stereocenters. The first-order valence-corrected chi connectivity index (χ1v) is 12.0. The van der Waals surface area contributed by atoms with Gasteiger partial charge in [-0.1, -0.05) is 12.1 Å². The molecule has 9 heteroatoms. The number of pyridine rings is 1.